The highest BCUT2D eigenvalue weighted by molar-refractivity contribution is 6.32. The van der Waals surface area contributed by atoms with Crippen molar-refractivity contribution in [1.82, 2.24) is 4.57 Å². The molecule has 1 aromatic heterocycles. The van der Waals surface area contributed by atoms with Crippen LogP contribution in [0.15, 0.2) is 41.3 Å². The van der Waals surface area contributed by atoms with E-state index in [9.17, 15) is 22.8 Å². The second kappa shape index (κ2) is 5.25. The molecule has 21 heavy (non-hydrogen) atoms. The summed E-state index contributed by atoms with van der Waals surface area (Å²) in [5.74, 6) is -1.31. The maximum atomic E-state index is 12.7. The molecule has 0 atom stereocenters. The number of aromatic nitrogens is 1. The number of carboxylic acids is 1. The number of rotatable bonds is 2. The Morgan fingerprint density at radius 1 is 1.19 bits per heavy atom. The van der Waals surface area contributed by atoms with E-state index in [1.165, 1.54) is 0 Å². The zero-order chi connectivity index (χ0) is 15.8. The third-order valence-electron chi connectivity index (χ3n) is 2.69. The average Bonchev–Trinajstić information content (AvgIpc) is 2.38. The Hall–Kier alpha value is -2.28. The van der Waals surface area contributed by atoms with Crippen molar-refractivity contribution in [2.24, 2.45) is 0 Å². The first-order valence-electron chi connectivity index (χ1n) is 5.53. The van der Waals surface area contributed by atoms with Gasteiger partial charge in [0.25, 0.3) is 5.56 Å². The van der Waals surface area contributed by atoms with Crippen molar-refractivity contribution in [2.45, 2.75) is 6.18 Å². The molecular formula is C13H7ClF3NO3. The molecule has 8 heteroatoms. The molecule has 0 radical (unpaired) electrons. The fraction of sp³-hybridized carbons (Fsp3) is 0.0769. The van der Waals surface area contributed by atoms with Gasteiger partial charge in [-0.1, -0.05) is 11.6 Å². The summed E-state index contributed by atoms with van der Waals surface area (Å²) in [6.07, 6.45) is -3.68. The Labute approximate surface area is 121 Å². The molecule has 0 aliphatic heterocycles. The lowest BCUT2D eigenvalue weighted by atomic mass is 10.2. The van der Waals surface area contributed by atoms with E-state index in [2.05, 4.69) is 0 Å². The summed E-state index contributed by atoms with van der Waals surface area (Å²) in [7, 11) is 0. The third-order valence-corrected chi connectivity index (χ3v) is 3.01. The van der Waals surface area contributed by atoms with Crippen molar-refractivity contribution in [3.05, 3.63) is 63.0 Å². The number of carbonyl (C=O) groups is 1. The van der Waals surface area contributed by atoms with E-state index in [1.807, 2.05) is 0 Å². The molecule has 2 aromatic rings. The molecule has 0 fully saturated rings. The molecule has 0 aliphatic carbocycles. The number of halogens is 4. The first-order chi connectivity index (χ1) is 9.70. The average molecular weight is 318 g/mol. The maximum absolute atomic E-state index is 12.7. The summed E-state index contributed by atoms with van der Waals surface area (Å²) >= 11 is 5.81. The zero-order valence-corrected chi connectivity index (χ0v) is 10.9. The fourth-order valence-corrected chi connectivity index (χ4v) is 1.88. The molecule has 0 bridgehead atoms. The molecule has 0 amide bonds. The number of aromatic carboxylic acids is 1. The molecule has 1 aromatic carbocycles. The summed E-state index contributed by atoms with van der Waals surface area (Å²) < 4.78 is 38.9. The summed E-state index contributed by atoms with van der Waals surface area (Å²) in [6.45, 7) is 0. The minimum Gasteiger partial charge on any atom is -0.478 e. The summed E-state index contributed by atoms with van der Waals surface area (Å²) in [4.78, 5) is 22.6. The monoisotopic (exact) mass is 317 g/mol. The predicted molar refractivity (Wildman–Crippen MR) is 69.0 cm³/mol. The SMILES string of the molecule is O=C(O)c1ccc(=O)n(-c2cc(C(F)(F)F)ccc2Cl)c1. The molecule has 0 saturated heterocycles. The van der Waals surface area contributed by atoms with Crippen LogP contribution in [0, 0.1) is 0 Å². The van der Waals surface area contributed by atoms with Gasteiger partial charge in [0.05, 0.1) is 21.8 Å². The van der Waals surface area contributed by atoms with Gasteiger partial charge in [0.1, 0.15) is 0 Å². The quantitative estimate of drug-likeness (QED) is 0.925. The number of alkyl halides is 3. The van der Waals surface area contributed by atoms with Crippen LogP contribution in [0.2, 0.25) is 5.02 Å². The Kier molecular flexibility index (Phi) is 3.78. The van der Waals surface area contributed by atoms with Gasteiger partial charge in [-0.15, -0.1) is 0 Å². The summed E-state index contributed by atoms with van der Waals surface area (Å²) in [5.41, 5.74) is -2.17. The van der Waals surface area contributed by atoms with Crippen molar-refractivity contribution < 1.29 is 23.1 Å². The van der Waals surface area contributed by atoms with Crippen molar-refractivity contribution in [1.29, 1.82) is 0 Å². The Bertz CT molecular complexity index is 768. The Morgan fingerprint density at radius 2 is 1.86 bits per heavy atom. The molecule has 2 rings (SSSR count). The molecule has 0 saturated carbocycles. The highest BCUT2D eigenvalue weighted by Gasteiger charge is 2.31. The first kappa shape index (κ1) is 15.1. The molecule has 0 aliphatic rings. The number of benzene rings is 1. The molecule has 110 valence electrons. The first-order valence-corrected chi connectivity index (χ1v) is 5.91. The molecule has 1 N–H and O–H groups in total. The molecular weight excluding hydrogens is 311 g/mol. The Morgan fingerprint density at radius 3 is 2.43 bits per heavy atom. The molecule has 0 unspecified atom stereocenters. The van der Waals surface area contributed by atoms with Crippen LogP contribution in [0.3, 0.4) is 0 Å². The lowest BCUT2D eigenvalue weighted by Crippen LogP contribution is -2.19. The van der Waals surface area contributed by atoms with E-state index in [-0.39, 0.29) is 16.3 Å². The highest BCUT2D eigenvalue weighted by Crippen LogP contribution is 2.32. The number of hydrogen-bond donors (Lipinski definition) is 1. The van der Waals surface area contributed by atoms with Crippen LogP contribution in [-0.2, 0) is 6.18 Å². The van der Waals surface area contributed by atoms with E-state index in [0.717, 1.165) is 35.0 Å². The molecule has 1 heterocycles. The van der Waals surface area contributed by atoms with Crippen molar-refractivity contribution in [3.8, 4) is 5.69 Å². The standard InChI is InChI=1S/C13H7ClF3NO3/c14-9-3-2-8(13(15,16)17)5-10(9)18-6-7(12(20)21)1-4-11(18)19/h1-6H,(H,20,21). The normalized spacial score (nSPS) is 11.4. The van der Waals surface area contributed by atoms with Gasteiger partial charge in [-0.25, -0.2) is 4.79 Å². The minimum absolute atomic E-state index is 0.104. The lowest BCUT2D eigenvalue weighted by molar-refractivity contribution is -0.137. The summed E-state index contributed by atoms with van der Waals surface area (Å²) in [6, 6.07) is 4.47. The van der Waals surface area contributed by atoms with Gasteiger partial charge < -0.3 is 5.11 Å². The topological polar surface area (TPSA) is 59.3 Å². The number of pyridine rings is 1. The second-order valence-electron chi connectivity index (χ2n) is 4.10. The van der Waals surface area contributed by atoms with Gasteiger partial charge in [0, 0.05) is 12.3 Å². The van der Waals surface area contributed by atoms with Gasteiger partial charge >= 0.3 is 12.1 Å². The van der Waals surface area contributed by atoms with Gasteiger partial charge in [-0.05, 0) is 24.3 Å². The fourth-order valence-electron chi connectivity index (χ4n) is 1.68. The zero-order valence-electron chi connectivity index (χ0n) is 10.2. The maximum Gasteiger partial charge on any atom is 0.416 e. The lowest BCUT2D eigenvalue weighted by Gasteiger charge is -2.12. The van der Waals surface area contributed by atoms with Crippen LogP contribution in [0.25, 0.3) is 5.69 Å². The van der Waals surface area contributed by atoms with Crippen molar-refractivity contribution >= 4 is 17.6 Å². The van der Waals surface area contributed by atoms with Gasteiger partial charge in [0.15, 0.2) is 0 Å². The van der Waals surface area contributed by atoms with E-state index in [0.29, 0.717) is 6.07 Å². The van der Waals surface area contributed by atoms with Gasteiger partial charge in [-0.3, -0.25) is 9.36 Å². The van der Waals surface area contributed by atoms with Crippen molar-refractivity contribution in [3.63, 3.8) is 0 Å². The second-order valence-corrected chi connectivity index (χ2v) is 4.50. The Balaban J connectivity index is 2.69. The van der Waals surface area contributed by atoms with Crippen LogP contribution in [0.4, 0.5) is 13.2 Å². The number of nitrogens with zero attached hydrogens (tertiary/aromatic N) is 1. The van der Waals surface area contributed by atoms with Crippen molar-refractivity contribution in [2.75, 3.05) is 0 Å². The smallest absolute Gasteiger partial charge is 0.416 e. The van der Waals surface area contributed by atoms with Crippen LogP contribution in [0.5, 0.6) is 0 Å². The van der Waals surface area contributed by atoms with E-state index < -0.39 is 23.3 Å². The summed E-state index contributed by atoms with van der Waals surface area (Å²) in [5, 5.41) is 8.77. The van der Waals surface area contributed by atoms with Crippen LogP contribution < -0.4 is 5.56 Å². The van der Waals surface area contributed by atoms with Crippen LogP contribution in [0.1, 0.15) is 15.9 Å². The predicted octanol–water partition coefficient (Wildman–Crippen LogP) is 3.21. The van der Waals surface area contributed by atoms with E-state index in [1.54, 1.807) is 0 Å². The van der Waals surface area contributed by atoms with Gasteiger partial charge in [0.2, 0.25) is 0 Å². The van der Waals surface area contributed by atoms with Crippen LogP contribution >= 0.6 is 11.6 Å². The van der Waals surface area contributed by atoms with E-state index >= 15 is 0 Å². The molecule has 4 nitrogen and oxygen atoms in total. The van der Waals surface area contributed by atoms with Gasteiger partial charge in [-0.2, -0.15) is 13.2 Å². The minimum atomic E-state index is -4.60. The van der Waals surface area contributed by atoms with E-state index in [4.69, 9.17) is 16.7 Å². The largest absolute Gasteiger partial charge is 0.478 e. The number of carboxylic acid groups (broad SMARTS) is 1. The highest BCUT2D eigenvalue weighted by atomic mass is 35.5. The number of hydrogen-bond acceptors (Lipinski definition) is 2. The third kappa shape index (κ3) is 3.08. The van der Waals surface area contributed by atoms with Crippen LogP contribution in [-0.4, -0.2) is 15.6 Å². The molecule has 0 spiro atoms.